The highest BCUT2D eigenvalue weighted by molar-refractivity contribution is 7.09. The van der Waals surface area contributed by atoms with Gasteiger partial charge in [0.05, 0.1) is 12.1 Å². The third-order valence-electron chi connectivity index (χ3n) is 4.69. The number of amides is 4. The number of nitrogens with zero attached hydrogens (tertiary/aromatic N) is 2. The van der Waals surface area contributed by atoms with Gasteiger partial charge in [-0.2, -0.15) is 0 Å². The highest BCUT2D eigenvalue weighted by Gasteiger charge is 2.45. The molecule has 2 N–H and O–H groups in total. The van der Waals surface area contributed by atoms with Crippen LogP contribution in [-0.4, -0.2) is 45.8 Å². The van der Waals surface area contributed by atoms with E-state index in [9.17, 15) is 19.2 Å². The van der Waals surface area contributed by atoms with Gasteiger partial charge in [-0.05, 0) is 44.9 Å². The van der Waals surface area contributed by atoms with E-state index >= 15 is 0 Å². The summed E-state index contributed by atoms with van der Waals surface area (Å²) in [4.78, 5) is 53.4. The van der Waals surface area contributed by atoms with Crippen LogP contribution in [0.25, 0.3) is 0 Å². The number of aromatic nitrogens is 1. The number of thiazole rings is 1. The van der Waals surface area contributed by atoms with E-state index in [1.807, 2.05) is 32.0 Å². The number of carbonyl (C=O) groups excluding carboxylic acids is 4. The number of nitrogens with one attached hydrogen (secondary N) is 2. The number of esters is 1. The quantitative estimate of drug-likeness (QED) is 0.500. The summed E-state index contributed by atoms with van der Waals surface area (Å²) in [5.74, 6) is -1.39. The van der Waals surface area contributed by atoms with E-state index in [0.29, 0.717) is 10.7 Å². The van der Waals surface area contributed by atoms with Crippen LogP contribution in [0.5, 0.6) is 0 Å². The van der Waals surface area contributed by atoms with Crippen LogP contribution in [0.2, 0.25) is 0 Å². The zero-order valence-electron chi connectivity index (χ0n) is 17.8. The summed E-state index contributed by atoms with van der Waals surface area (Å²) in [6, 6.07) is 5.21. The summed E-state index contributed by atoms with van der Waals surface area (Å²) in [6.07, 6.45) is 0.101. The van der Waals surface area contributed by atoms with Crippen molar-refractivity contribution < 1.29 is 23.9 Å². The van der Waals surface area contributed by atoms with Crippen molar-refractivity contribution in [2.75, 3.05) is 11.9 Å². The fourth-order valence-electron chi connectivity index (χ4n) is 2.99. The van der Waals surface area contributed by atoms with E-state index in [-0.39, 0.29) is 18.9 Å². The Morgan fingerprint density at radius 3 is 2.68 bits per heavy atom. The van der Waals surface area contributed by atoms with Crippen LogP contribution in [0.3, 0.4) is 0 Å². The van der Waals surface area contributed by atoms with Crippen LogP contribution >= 0.6 is 11.3 Å². The third-order valence-corrected chi connectivity index (χ3v) is 5.59. The van der Waals surface area contributed by atoms with Crippen molar-refractivity contribution in [1.82, 2.24) is 15.2 Å². The molecule has 0 bridgehead atoms. The molecule has 164 valence electrons. The first kappa shape index (κ1) is 22.4. The number of anilines is 1. The maximum atomic E-state index is 12.3. The van der Waals surface area contributed by atoms with Crippen molar-refractivity contribution in [3.8, 4) is 0 Å². The first-order valence-electron chi connectivity index (χ1n) is 9.65. The second kappa shape index (κ2) is 8.84. The number of hydrogen-bond donors (Lipinski definition) is 2. The molecule has 0 unspecified atom stereocenters. The van der Waals surface area contributed by atoms with E-state index in [1.165, 1.54) is 11.3 Å². The second-order valence-electron chi connectivity index (χ2n) is 7.88. The lowest BCUT2D eigenvalue weighted by Crippen LogP contribution is -2.41. The van der Waals surface area contributed by atoms with E-state index in [4.69, 9.17) is 4.74 Å². The lowest BCUT2D eigenvalue weighted by Gasteiger charge is -2.15. The number of imide groups is 1. The molecule has 0 radical (unpaired) electrons. The van der Waals surface area contributed by atoms with Crippen LogP contribution in [0.4, 0.5) is 10.5 Å². The lowest BCUT2D eigenvalue weighted by atomic mass is 10.1. The zero-order valence-corrected chi connectivity index (χ0v) is 18.6. The minimum absolute atomic E-state index is 0.101. The summed E-state index contributed by atoms with van der Waals surface area (Å²) in [5, 5.41) is 7.67. The minimum Gasteiger partial charge on any atom is -0.458 e. The first-order chi connectivity index (χ1) is 14.5. The van der Waals surface area contributed by atoms with Crippen molar-refractivity contribution in [1.29, 1.82) is 0 Å². The Morgan fingerprint density at radius 1 is 1.26 bits per heavy atom. The average Bonchev–Trinajstić information content (AvgIpc) is 3.20. The molecule has 10 heteroatoms. The molecule has 1 fully saturated rings. The molecule has 0 spiro atoms. The monoisotopic (exact) mass is 444 g/mol. The van der Waals surface area contributed by atoms with Crippen LogP contribution in [-0.2, 0) is 32.1 Å². The summed E-state index contributed by atoms with van der Waals surface area (Å²) < 4.78 is 5.13. The second-order valence-corrected chi connectivity index (χ2v) is 8.83. The van der Waals surface area contributed by atoms with Crippen molar-refractivity contribution in [2.45, 2.75) is 46.3 Å². The Bertz CT molecular complexity index is 1050. The molecular formula is C21H24N4O5S. The van der Waals surface area contributed by atoms with Gasteiger partial charge in [-0.3, -0.25) is 19.3 Å². The number of ether oxygens (including phenoxy) is 1. The molecule has 1 aliphatic heterocycles. The van der Waals surface area contributed by atoms with Gasteiger partial charge < -0.3 is 15.4 Å². The topological polar surface area (TPSA) is 118 Å². The van der Waals surface area contributed by atoms with E-state index in [1.54, 1.807) is 19.2 Å². The van der Waals surface area contributed by atoms with Gasteiger partial charge in [0, 0.05) is 11.1 Å². The van der Waals surface area contributed by atoms with Crippen LogP contribution in [0.15, 0.2) is 23.6 Å². The minimum atomic E-state index is -1.04. The van der Waals surface area contributed by atoms with Gasteiger partial charge in [-0.15, -0.1) is 11.3 Å². The highest BCUT2D eigenvalue weighted by atomic mass is 32.1. The number of hydrogen-bond acceptors (Lipinski definition) is 7. The molecule has 1 aliphatic rings. The molecule has 31 heavy (non-hydrogen) atoms. The van der Waals surface area contributed by atoms with Gasteiger partial charge in [0.15, 0.2) is 0 Å². The summed E-state index contributed by atoms with van der Waals surface area (Å²) in [7, 11) is 0. The molecule has 9 nitrogen and oxygen atoms in total. The van der Waals surface area contributed by atoms with Crippen molar-refractivity contribution >= 4 is 40.8 Å². The SMILES string of the molecule is Cc1ccc(C)c(NC(=O)Cc2nc(COC(=O)CN3C(=O)NC(C)(C)C3=O)cs2)c1. The Balaban J connectivity index is 1.49. The smallest absolute Gasteiger partial charge is 0.326 e. The van der Waals surface area contributed by atoms with Gasteiger partial charge in [0.1, 0.15) is 23.7 Å². The summed E-state index contributed by atoms with van der Waals surface area (Å²) in [5.41, 5.74) is 2.23. The van der Waals surface area contributed by atoms with Crippen molar-refractivity contribution in [3.05, 3.63) is 45.4 Å². The van der Waals surface area contributed by atoms with Crippen LogP contribution in [0.1, 0.15) is 35.7 Å². The maximum Gasteiger partial charge on any atom is 0.326 e. The van der Waals surface area contributed by atoms with Gasteiger partial charge in [-0.25, -0.2) is 9.78 Å². The van der Waals surface area contributed by atoms with Crippen LogP contribution in [0, 0.1) is 13.8 Å². The Morgan fingerprint density at radius 2 is 2.00 bits per heavy atom. The van der Waals surface area contributed by atoms with Crippen molar-refractivity contribution in [2.24, 2.45) is 0 Å². The molecular weight excluding hydrogens is 420 g/mol. The molecule has 1 aromatic carbocycles. The Labute approximate surface area is 183 Å². The number of rotatable bonds is 7. The molecule has 1 saturated heterocycles. The molecule has 2 heterocycles. The largest absolute Gasteiger partial charge is 0.458 e. The van der Waals surface area contributed by atoms with Gasteiger partial charge in [-0.1, -0.05) is 12.1 Å². The van der Waals surface area contributed by atoms with Gasteiger partial charge in [0.25, 0.3) is 5.91 Å². The molecule has 3 rings (SSSR count). The van der Waals surface area contributed by atoms with Crippen molar-refractivity contribution in [3.63, 3.8) is 0 Å². The molecule has 0 saturated carbocycles. The number of aryl methyl sites for hydroxylation is 2. The Hall–Kier alpha value is -3.27. The normalized spacial score (nSPS) is 15.0. The summed E-state index contributed by atoms with van der Waals surface area (Å²) in [6.45, 7) is 6.42. The lowest BCUT2D eigenvalue weighted by molar-refractivity contribution is -0.148. The third kappa shape index (κ3) is 5.46. The maximum absolute atomic E-state index is 12.3. The molecule has 0 atom stereocenters. The van der Waals surface area contributed by atoms with Crippen LogP contribution < -0.4 is 10.6 Å². The number of urea groups is 1. The van der Waals surface area contributed by atoms with Gasteiger partial charge in [0.2, 0.25) is 5.91 Å². The summed E-state index contributed by atoms with van der Waals surface area (Å²) >= 11 is 1.29. The highest BCUT2D eigenvalue weighted by Crippen LogP contribution is 2.19. The average molecular weight is 445 g/mol. The first-order valence-corrected chi connectivity index (χ1v) is 10.5. The standard InChI is InChI=1S/C21H24N4O5S/c1-12-5-6-13(2)15(7-12)23-16(26)8-17-22-14(11-31-17)10-30-18(27)9-25-19(28)21(3,4)24-20(25)29/h5-7,11H,8-10H2,1-4H3,(H,23,26)(H,24,29). The fourth-order valence-corrected chi connectivity index (χ4v) is 3.77. The molecule has 0 aliphatic carbocycles. The zero-order chi connectivity index (χ0) is 22.8. The predicted octanol–water partition coefficient (Wildman–Crippen LogP) is 2.31. The number of carbonyl (C=O) groups is 4. The van der Waals surface area contributed by atoms with E-state index in [0.717, 1.165) is 21.7 Å². The molecule has 2 aromatic rings. The van der Waals surface area contributed by atoms with Gasteiger partial charge >= 0.3 is 12.0 Å². The number of benzene rings is 1. The molecule has 4 amide bonds. The Kier molecular flexibility index (Phi) is 6.40. The van der Waals surface area contributed by atoms with E-state index in [2.05, 4.69) is 15.6 Å². The fraction of sp³-hybridized carbons (Fsp3) is 0.381. The molecule has 1 aromatic heterocycles. The predicted molar refractivity (Wildman–Crippen MR) is 114 cm³/mol. The van der Waals surface area contributed by atoms with E-state index < -0.39 is 30.0 Å².